The largest absolute Gasteiger partial charge is 0.317 e. The lowest BCUT2D eigenvalue weighted by molar-refractivity contribution is 0.141. The first-order valence-corrected chi connectivity index (χ1v) is 7.83. The Balaban J connectivity index is 1.97. The molecular formula is C15H32N2. The van der Waals surface area contributed by atoms with Crippen molar-refractivity contribution in [1.29, 1.82) is 0 Å². The zero-order valence-corrected chi connectivity index (χ0v) is 12.0. The molecule has 1 N–H and O–H groups in total. The minimum Gasteiger partial charge on any atom is -0.317 e. The SMILES string of the molecule is CCCNCCCCCN1CCCCC1CC. The zero-order chi connectivity index (χ0) is 12.3. The number of piperidine rings is 1. The first-order valence-electron chi connectivity index (χ1n) is 7.83. The third-order valence-corrected chi connectivity index (χ3v) is 3.95. The molecule has 1 atom stereocenters. The number of hydrogen-bond donors (Lipinski definition) is 1. The number of nitrogens with zero attached hydrogens (tertiary/aromatic N) is 1. The van der Waals surface area contributed by atoms with Gasteiger partial charge >= 0.3 is 0 Å². The van der Waals surface area contributed by atoms with Crippen LogP contribution in [0.3, 0.4) is 0 Å². The van der Waals surface area contributed by atoms with Crippen molar-refractivity contribution in [3.05, 3.63) is 0 Å². The molecule has 102 valence electrons. The second-order valence-electron chi connectivity index (χ2n) is 5.40. The Bertz CT molecular complexity index is 170. The fraction of sp³-hybridized carbons (Fsp3) is 1.00. The minimum atomic E-state index is 0.891. The molecule has 2 nitrogen and oxygen atoms in total. The Morgan fingerprint density at radius 1 is 1.06 bits per heavy atom. The van der Waals surface area contributed by atoms with Crippen LogP contribution in [0.15, 0.2) is 0 Å². The number of hydrogen-bond acceptors (Lipinski definition) is 2. The molecule has 0 amide bonds. The molecular weight excluding hydrogens is 208 g/mol. The molecule has 0 aliphatic carbocycles. The Hall–Kier alpha value is -0.0800. The van der Waals surface area contributed by atoms with Crippen molar-refractivity contribution in [3.8, 4) is 0 Å². The number of nitrogens with one attached hydrogen (secondary N) is 1. The first-order chi connectivity index (χ1) is 8.38. The molecule has 1 heterocycles. The average molecular weight is 240 g/mol. The van der Waals surface area contributed by atoms with Crippen LogP contribution < -0.4 is 5.32 Å². The molecule has 0 spiro atoms. The van der Waals surface area contributed by atoms with Gasteiger partial charge in [-0.3, -0.25) is 0 Å². The molecule has 0 aromatic rings. The number of unbranched alkanes of at least 4 members (excludes halogenated alkanes) is 2. The van der Waals surface area contributed by atoms with Crippen molar-refractivity contribution in [2.45, 2.75) is 71.3 Å². The van der Waals surface area contributed by atoms with E-state index >= 15 is 0 Å². The summed E-state index contributed by atoms with van der Waals surface area (Å²) in [6.45, 7) is 9.67. The van der Waals surface area contributed by atoms with Crippen LogP contribution in [-0.4, -0.2) is 37.1 Å². The van der Waals surface area contributed by atoms with Crippen LogP contribution in [0, 0.1) is 0 Å². The van der Waals surface area contributed by atoms with E-state index < -0.39 is 0 Å². The molecule has 0 aromatic heterocycles. The van der Waals surface area contributed by atoms with Gasteiger partial charge in [-0.1, -0.05) is 26.7 Å². The van der Waals surface area contributed by atoms with Gasteiger partial charge < -0.3 is 10.2 Å². The summed E-state index contributed by atoms with van der Waals surface area (Å²) in [5.41, 5.74) is 0. The molecule has 1 rings (SSSR count). The van der Waals surface area contributed by atoms with E-state index in [1.807, 2.05) is 0 Å². The molecule has 0 radical (unpaired) electrons. The number of likely N-dealkylation sites (tertiary alicyclic amines) is 1. The Morgan fingerprint density at radius 3 is 2.71 bits per heavy atom. The van der Waals surface area contributed by atoms with Crippen molar-refractivity contribution in [2.24, 2.45) is 0 Å². The quantitative estimate of drug-likeness (QED) is 0.621. The molecule has 0 bridgehead atoms. The Labute approximate surface area is 108 Å². The maximum Gasteiger partial charge on any atom is 0.00926 e. The van der Waals surface area contributed by atoms with Crippen LogP contribution in [-0.2, 0) is 0 Å². The van der Waals surface area contributed by atoms with Crippen LogP contribution >= 0.6 is 0 Å². The highest BCUT2D eigenvalue weighted by Crippen LogP contribution is 2.19. The van der Waals surface area contributed by atoms with Gasteiger partial charge in [-0.15, -0.1) is 0 Å². The molecule has 1 fully saturated rings. The lowest BCUT2D eigenvalue weighted by atomic mass is 9.99. The van der Waals surface area contributed by atoms with Crippen LogP contribution in [0.25, 0.3) is 0 Å². The fourth-order valence-corrected chi connectivity index (χ4v) is 2.86. The van der Waals surface area contributed by atoms with E-state index in [2.05, 4.69) is 24.1 Å². The molecule has 0 saturated carbocycles. The topological polar surface area (TPSA) is 15.3 Å². The van der Waals surface area contributed by atoms with E-state index in [9.17, 15) is 0 Å². The van der Waals surface area contributed by atoms with Gasteiger partial charge in [0.05, 0.1) is 0 Å². The second-order valence-corrected chi connectivity index (χ2v) is 5.40. The maximum atomic E-state index is 3.48. The van der Waals surface area contributed by atoms with E-state index in [0.717, 1.165) is 6.04 Å². The summed E-state index contributed by atoms with van der Waals surface area (Å²) in [5, 5.41) is 3.48. The third kappa shape index (κ3) is 6.42. The first kappa shape index (κ1) is 15.0. The predicted octanol–water partition coefficient (Wildman–Crippen LogP) is 3.42. The highest BCUT2D eigenvalue weighted by molar-refractivity contribution is 4.75. The van der Waals surface area contributed by atoms with Crippen LogP contribution in [0.4, 0.5) is 0 Å². The van der Waals surface area contributed by atoms with Gasteiger partial charge in [-0.2, -0.15) is 0 Å². The summed E-state index contributed by atoms with van der Waals surface area (Å²) in [4.78, 5) is 2.74. The lowest BCUT2D eigenvalue weighted by Gasteiger charge is -2.35. The van der Waals surface area contributed by atoms with Crippen LogP contribution in [0.2, 0.25) is 0 Å². The van der Waals surface area contributed by atoms with Gasteiger partial charge in [-0.05, 0) is 64.7 Å². The van der Waals surface area contributed by atoms with Gasteiger partial charge in [-0.25, -0.2) is 0 Å². The van der Waals surface area contributed by atoms with E-state index in [1.54, 1.807) is 0 Å². The molecule has 1 saturated heterocycles. The average Bonchev–Trinajstić information content (AvgIpc) is 2.38. The minimum absolute atomic E-state index is 0.891. The van der Waals surface area contributed by atoms with Gasteiger partial charge in [0.1, 0.15) is 0 Å². The zero-order valence-electron chi connectivity index (χ0n) is 12.0. The summed E-state index contributed by atoms with van der Waals surface area (Å²) in [5.74, 6) is 0. The highest BCUT2D eigenvalue weighted by atomic mass is 15.2. The maximum absolute atomic E-state index is 3.48. The number of rotatable bonds is 9. The van der Waals surface area contributed by atoms with Crippen LogP contribution in [0.5, 0.6) is 0 Å². The molecule has 17 heavy (non-hydrogen) atoms. The smallest absolute Gasteiger partial charge is 0.00926 e. The molecule has 1 aliphatic heterocycles. The summed E-state index contributed by atoms with van der Waals surface area (Å²) in [6.07, 6.45) is 11.1. The standard InChI is InChI=1S/C15H32N2/c1-3-11-16-12-7-5-8-13-17-14-9-6-10-15(17)4-2/h15-16H,3-14H2,1-2H3. The third-order valence-electron chi connectivity index (χ3n) is 3.95. The van der Waals surface area contributed by atoms with E-state index in [4.69, 9.17) is 0 Å². The molecule has 1 aliphatic rings. The van der Waals surface area contributed by atoms with Crippen molar-refractivity contribution in [3.63, 3.8) is 0 Å². The summed E-state index contributed by atoms with van der Waals surface area (Å²) in [6, 6.07) is 0.891. The molecule has 1 unspecified atom stereocenters. The molecule has 2 heteroatoms. The normalized spacial score (nSPS) is 21.9. The van der Waals surface area contributed by atoms with Gasteiger partial charge in [0.25, 0.3) is 0 Å². The van der Waals surface area contributed by atoms with Crippen molar-refractivity contribution in [2.75, 3.05) is 26.2 Å². The lowest BCUT2D eigenvalue weighted by Crippen LogP contribution is -2.39. The monoisotopic (exact) mass is 240 g/mol. The Morgan fingerprint density at radius 2 is 1.94 bits per heavy atom. The van der Waals surface area contributed by atoms with E-state index in [1.165, 1.54) is 77.5 Å². The van der Waals surface area contributed by atoms with E-state index in [-0.39, 0.29) is 0 Å². The van der Waals surface area contributed by atoms with Crippen molar-refractivity contribution >= 4 is 0 Å². The fourth-order valence-electron chi connectivity index (χ4n) is 2.86. The van der Waals surface area contributed by atoms with Crippen molar-refractivity contribution in [1.82, 2.24) is 10.2 Å². The highest BCUT2D eigenvalue weighted by Gasteiger charge is 2.19. The van der Waals surface area contributed by atoms with E-state index in [0.29, 0.717) is 0 Å². The summed E-state index contributed by atoms with van der Waals surface area (Å²) < 4.78 is 0. The molecule has 0 aromatic carbocycles. The second kappa shape index (κ2) is 9.90. The summed E-state index contributed by atoms with van der Waals surface area (Å²) in [7, 11) is 0. The predicted molar refractivity (Wildman–Crippen MR) is 76.5 cm³/mol. The van der Waals surface area contributed by atoms with Crippen molar-refractivity contribution < 1.29 is 0 Å². The summed E-state index contributed by atoms with van der Waals surface area (Å²) >= 11 is 0. The van der Waals surface area contributed by atoms with Gasteiger partial charge in [0.2, 0.25) is 0 Å². The van der Waals surface area contributed by atoms with Crippen LogP contribution in [0.1, 0.15) is 65.2 Å². The Kier molecular flexibility index (Phi) is 8.72. The van der Waals surface area contributed by atoms with Gasteiger partial charge in [0.15, 0.2) is 0 Å². The van der Waals surface area contributed by atoms with Gasteiger partial charge in [0, 0.05) is 6.04 Å².